The van der Waals surface area contributed by atoms with Gasteiger partial charge in [0.1, 0.15) is 0 Å². The molecule has 2 nitrogen and oxygen atoms in total. The Morgan fingerprint density at radius 1 is 1.11 bits per heavy atom. The summed E-state index contributed by atoms with van der Waals surface area (Å²) in [6.45, 7) is 4.26. The van der Waals surface area contributed by atoms with Gasteiger partial charge >= 0.3 is 0 Å². The summed E-state index contributed by atoms with van der Waals surface area (Å²) >= 11 is 0. The quantitative estimate of drug-likeness (QED) is 0.747. The first kappa shape index (κ1) is 14.0. The van der Waals surface area contributed by atoms with Gasteiger partial charge in [0.2, 0.25) is 0 Å². The van der Waals surface area contributed by atoms with Crippen molar-refractivity contribution >= 4 is 10.8 Å². The fraction of sp³-hybridized carbons (Fsp3) is 0.412. The summed E-state index contributed by atoms with van der Waals surface area (Å²) < 4.78 is 0. The first-order chi connectivity index (χ1) is 9.35. The number of nitrogens with one attached hydrogen (secondary N) is 1. The van der Waals surface area contributed by atoms with Crippen LogP contribution in [0.25, 0.3) is 10.8 Å². The molecule has 2 aromatic carbocycles. The van der Waals surface area contributed by atoms with Crippen LogP contribution in [0.3, 0.4) is 0 Å². The van der Waals surface area contributed by atoms with Crippen LogP contribution in [0.4, 0.5) is 0 Å². The smallest absolute Gasteiger partial charge is 0.0471 e. The maximum absolute atomic E-state index is 9.14. The number of hydrogen-bond acceptors (Lipinski definition) is 2. The Bertz CT molecular complexity index is 500. The Balaban J connectivity index is 1.91. The van der Waals surface area contributed by atoms with Gasteiger partial charge in [-0.05, 0) is 41.6 Å². The van der Waals surface area contributed by atoms with Crippen LogP contribution in [-0.4, -0.2) is 24.8 Å². The molecule has 0 aliphatic heterocycles. The molecule has 0 saturated carbocycles. The number of benzene rings is 2. The van der Waals surface area contributed by atoms with Gasteiger partial charge in [-0.1, -0.05) is 49.4 Å². The van der Waals surface area contributed by atoms with E-state index in [9.17, 15) is 0 Å². The second kappa shape index (κ2) is 7.27. The fourth-order valence-corrected chi connectivity index (χ4v) is 2.38. The second-order valence-electron chi connectivity index (χ2n) is 5.05. The fourth-order valence-electron chi connectivity index (χ4n) is 2.38. The van der Waals surface area contributed by atoms with Crippen molar-refractivity contribution in [2.75, 3.05) is 19.7 Å². The first-order valence-corrected chi connectivity index (χ1v) is 7.13. The number of aliphatic hydroxyl groups is 1. The van der Waals surface area contributed by atoms with E-state index in [2.05, 4.69) is 54.7 Å². The molecule has 0 radical (unpaired) electrons. The summed E-state index contributed by atoms with van der Waals surface area (Å²) in [5, 5.41) is 15.2. The predicted octanol–water partition coefficient (Wildman–Crippen LogP) is 2.99. The maximum Gasteiger partial charge on any atom is 0.0471 e. The molecule has 0 aliphatic carbocycles. The van der Waals surface area contributed by atoms with Crippen molar-refractivity contribution in [3.8, 4) is 0 Å². The molecule has 102 valence electrons. The van der Waals surface area contributed by atoms with E-state index in [0.29, 0.717) is 5.92 Å². The molecule has 2 aromatic rings. The summed E-state index contributed by atoms with van der Waals surface area (Å²) in [5.74, 6) is 0.382. The van der Waals surface area contributed by atoms with Crippen molar-refractivity contribution in [3.05, 3.63) is 48.0 Å². The highest BCUT2D eigenvalue weighted by atomic mass is 16.3. The lowest BCUT2D eigenvalue weighted by Gasteiger charge is -2.13. The molecule has 1 unspecified atom stereocenters. The molecule has 0 amide bonds. The van der Waals surface area contributed by atoms with Gasteiger partial charge in [-0.15, -0.1) is 0 Å². The molecule has 0 aromatic heterocycles. The summed E-state index contributed by atoms with van der Waals surface area (Å²) in [7, 11) is 0. The summed E-state index contributed by atoms with van der Waals surface area (Å²) in [6, 6.07) is 15.0. The molecule has 0 saturated heterocycles. The highest BCUT2D eigenvalue weighted by Crippen LogP contribution is 2.18. The van der Waals surface area contributed by atoms with Crippen LogP contribution >= 0.6 is 0 Å². The number of aliphatic hydroxyl groups excluding tert-OH is 1. The zero-order chi connectivity index (χ0) is 13.5. The van der Waals surface area contributed by atoms with Crippen molar-refractivity contribution in [3.63, 3.8) is 0 Å². The Morgan fingerprint density at radius 2 is 1.89 bits per heavy atom. The lowest BCUT2D eigenvalue weighted by molar-refractivity contribution is 0.219. The minimum absolute atomic E-state index is 0.276. The molecule has 0 heterocycles. The summed E-state index contributed by atoms with van der Waals surface area (Å²) in [6.07, 6.45) is 2.06. The van der Waals surface area contributed by atoms with Crippen molar-refractivity contribution in [1.29, 1.82) is 0 Å². The van der Waals surface area contributed by atoms with Crippen LogP contribution in [0, 0.1) is 5.92 Å². The summed E-state index contributed by atoms with van der Waals surface area (Å²) in [4.78, 5) is 0. The Kier molecular flexibility index (Phi) is 5.37. The number of fused-ring (bicyclic) bond motifs is 1. The lowest BCUT2D eigenvalue weighted by Crippen LogP contribution is -2.26. The van der Waals surface area contributed by atoms with Crippen LogP contribution < -0.4 is 5.32 Å². The normalized spacial score (nSPS) is 12.7. The van der Waals surface area contributed by atoms with Crippen molar-refractivity contribution in [2.24, 2.45) is 5.92 Å². The molecular weight excluding hydrogens is 234 g/mol. The molecular formula is C17H23NO. The van der Waals surface area contributed by atoms with Gasteiger partial charge in [0.05, 0.1) is 0 Å². The molecule has 2 rings (SSSR count). The maximum atomic E-state index is 9.14. The average Bonchev–Trinajstić information content (AvgIpc) is 2.47. The molecule has 0 fully saturated rings. The van der Waals surface area contributed by atoms with Crippen LogP contribution in [0.5, 0.6) is 0 Å². The van der Waals surface area contributed by atoms with E-state index in [0.717, 1.165) is 25.9 Å². The number of hydrogen-bond donors (Lipinski definition) is 2. The third kappa shape index (κ3) is 3.79. The number of rotatable bonds is 7. The topological polar surface area (TPSA) is 32.3 Å². The van der Waals surface area contributed by atoms with Gasteiger partial charge in [0, 0.05) is 13.2 Å². The van der Waals surface area contributed by atoms with Gasteiger partial charge in [0.25, 0.3) is 0 Å². The van der Waals surface area contributed by atoms with Gasteiger partial charge in [-0.3, -0.25) is 0 Å². The second-order valence-corrected chi connectivity index (χ2v) is 5.05. The van der Waals surface area contributed by atoms with Crippen LogP contribution in [-0.2, 0) is 6.42 Å². The Labute approximate surface area is 115 Å². The van der Waals surface area contributed by atoms with Crippen molar-refractivity contribution in [2.45, 2.75) is 19.8 Å². The molecule has 1 atom stereocenters. The van der Waals surface area contributed by atoms with E-state index in [1.54, 1.807) is 0 Å². The molecule has 2 heteroatoms. The van der Waals surface area contributed by atoms with E-state index in [-0.39, 0.29) is 6.61 Å². The van der Waals surface area contributed by atoms with Gasteiger partial charge in [-0.25, -0.2) is 0 Å². The zero-order valence-electron chi connectivity index (χ0n) is 11.6. The average molecular weight is 257 g/mol. The molecule has 0 bridgehead atoms. The minimum Gasteiger partial charge on any atom is -0.396 e. The largest absolute Gasteiger partial charge is 0.396 e. The third-order valence-corrected chi connectivity index (χ3v) is 3.72. The van der Waals surface area contributed by atoms with E-state index in [4.69, 9.17) is 5.11 Å². The Hall–Kier alpha value is -1.38. The minimum atomic E-state index is 0.276. The molecule has 0 spiro atoms. The molecule has 0 aliphatic rings. The van der Waals surface area contributed by atoms with E-state index >= 15 is 0 Å². The lowest BCUT2D eigenvalue weighted by atomic mass is 10.0. The van der Waals surface area contributed by atoms with Crippen LogP contribution in [0.2, 0.25) is 0 Å². The zero-order valence-corrected chi connectivity index (χ0v) is 11.6. The van der Waals surface area contributed by atoms with Gasteiger partial charge in [-0.2, -0.15) is 0 Å². The highest BCUT2D eigenvalue weighted by Gasteiger charge is 2.04. The van der Waals surface area contributed by atoms with Crippen molar-refractivity contribution < 1.29 is 5.11 Å². The van der Waals surface area contributed by atoms with Gasteiger partial charge < -0.3 is 10.4 Å². The highest BCUT2D eigenvalue weighted by molar-refractivity contribution is 5.85. The molecule has 19 heavy (non-hydrogen) atoms. The third-order valence-electron chi connectivity index (χ3n) is 3.72. The summed E-state index contributed by atoms with van der Waals surface area (Å²) in [5.41, 5.74) is 1.39. The standard InChI is InChI=1S/C17H23NO/c1-2-14(13-19)12-18-11-10-16-8-5-7-15-6-3-4-9-17(15)16/h3-9,14,18-19H,2,10-13H2,1H3. The molecule has 2 N–H and O–H groups in total. The monoisotopic (exact) mass is 257 g/mol. The van der Waals surface area contributed by atoms with E-state index in [1.165, 1.54) is 16.3 Å². The van der Waals surface area contributed by atoms with Crippen LogP contribution in [0.15, 0.2) is 42.5 Å². The van der Waals surface area contributed by atoms with E-state index < -0.39 is 0 Å². The van der Waals surface area contributed by atoms with Gasteiger partial charge in [0.15, 0.2) is 0 Å². The predicted molar refractivity (Wildman–Crippen MR) is 81.4 cm³/mol. The SMILES string of the molecule is CCC(CO)CNCCc1cccc2ccccc12. The van der Waals surface area contributed by atoms with Crippen LogP contribution in [0.1, 0.15) is 18.9 Å². The first-order valence-electron chi connectivity index (χ1n) is 7.13. The van der Waals surface area contributed by atoms with E-state index in [1.807, 2.05) is 0 Å². The van der Waals surface area contributed by atoms with Crippen molar-refractivity contribution in [1.82, 2.24) is 5.32 Å². The Morgan fingerprint density at radius 3 is 2.68 bits per heavy atom.